The normalized spacial score (nSPS) is 10.1. The Kier molecular flexibility index (Phi) is 2.88. The molecule has 0 aromatic heterocycles. The summed E-state index contributed by atoms with van der Waals surface area (Å²) < 4.78 is 5.00. The minimum Gasteiger partial charge on any atom is -0.505 e. The van der Waals surface area contributed by atoms with E-state index in [0.717, 1.165) is 5.56 Å². The maximum atomic E-state index is 9.53. The summed E-state index contributed by atoms with van der Waals surface area (Å²) in [6, 6.07) is 1.69. The molecule has 0 spiro atoms. The molecular weight excluding hydrogens is 190 g/mol. The van der Waals surface area contributed by atoms with Crippen LogP contribution in [0.15, 0.2) is 6.07 Å². The lowest BCUT2D eigenvalue weighted by atomic mass is 10.1. The molecule has 13 heavy (non-hydrogen) atoms. The zero-order valence-electron chi connectivity index (χ0n) is 7.60. The number of halogens is 1. The summed E-state index contributed by atoms with van der Waals surface area (Å²) in [5, 5.41) is 9.79. The molecule has 0 amide bonds. The number of anilines is 1. The first kappa shape index (κ1) is 9.99. The predicted molar refractivity (Wildman–Crippen MR) is 53.5 cm³/mol. The average molecular weight is 202 g/mol. The number of phenolic OH excluding ortho intramolecular Hbond substituents is 1. The number of nitrogens with two attached hydrogens (primary N) is 1. The summed E-state index contributed by atoms with van der Waals surface area (Å²) >= 11 is 5.82. The summed E-state index contributed by atoms with van der Waals surface area (Å²) in [7, 11) is 1.51. The Bertz CT molecular complexity index is 298. The van der Waals surface area contributed by atoms with Crippen LogP contribution in [0.1, 0.15) is 12.5 Å². The minimum absolute atomic E-state index is 0.0494. The first-order valence-electron chi connectivity index (χ1n) is 3.95. The van der Waals surface area contributed by atoms with Crippen molar-refractivity contribution in [1.29, 1.82) is 0 Å². The third kappa shape index (κ3) is 1.65. The van der Waals surface area contributed by atoms with Crippen molar-refractivity contribution in [1.82, 2.24) is 0 Å². The van der Waals surface area contributed by atoms with Crippen molar-refractivity contribution in [3.8, 4) is 11.5 Å². The number of hydrogen-bond acceptors (Lipinski definition) is 3. The van der Waals surface area contributed by atoms with Gasteiger partial charge in [-0.1, -0.05) is 18.5 Å². The molecule has 0 saturated carbocycles. The molecule has 0 aliphatic heterocycles. The van der Waals surface area contributed by atoms with Crippen molar-refractivity contribution in [3.05, 3.63) is 16.7 Å². The molecule has 1 aromatic carbocycles. The van der Waals surface area contributed by atoms with Gasteiger partial charge in [0.25, 0.3) is 0 Å². The fourth-order valence-corrected chi connectivity index (χ4v) is 1.34. The average Bonchev–Trinajstić information content (AvgIpc) is 2.15. The third-order valence-corrected chi connectivity index (χ3v) is 2.31. The molecule has 1 aromatic rings. The molecule has 0 radical (unpaired) electrons. The summed E-state index contributed by atoms with van der Waals surface area (Å²) in [6.07, 6.45) is 0.684. The predicted octanol–water partition coefficient (Wildman–Crippen LogP) is 2.20. The maximum absolute atomic E-state index is 9.53. The van der Waals surface area contributed by atoms with E-state index in [0.29, 0.717) is 12.2 Å². The van der Waals surface area contributed by atoms with Crippen LogP contribution in [0.3, 0.4) is 0 Å². The van der Waals surface area contributed by atoms with Crippen LogP contribution in [0.5, 0.6) is 11.5 Å². The number of hydrogen-bond donors (Lipinski definition) is 2. The van der Waals surface area contributed by atoms with Crippen LogP contribution < -0.4 is 10.5 Å². The van der Waals surface area contributed by atoms with Crippen LogP contribution in [0.25, 0.3) is 0 Å². The number of nitrogen functional groups attached to an aromatic ring is 1. The molecule has 0 fully saturated rings. The monoisotopic (exact) mass is 201 g/mol. The van der Waals surface area contributed by atoms with Crippen molar-refractivity contribution < 1.29 is 9.84 Å². The second kappa shape index (κ2) is 3.75. The Morgan fingerprint density at radius 1 is 1.62 bits per heavy atom. The zero-order chi connectivity index (χ0) is 10.0. The summed E-state index contributed by atoms with van der Waals surface area (Å²) in [4.78, 5) is 0. The van der Waals surface area contributed by atoms with Crippen LogP contribution in [0, 0.1) is 0 Å². The van der Waals surface area contributed by atoms with Gasteiger partial charge in [0, 0.05) is 0 Å². The second-order valence-corrected chi connectivity index (χ2v) is 3.05. The van der Waals surface area contributed by atoms with Crippen molar-refractivity contribution in [3.63, 3.8) is 0 Å². The molecule has 1 rings (SSSR count). The Morgan fingerprint density at radius 2 is 2.23 bits per heavy atom. The zero-order valence-corrected chi connectivity index (χ0v) is 8.35. The lowest BCUT2D eigenvalue weighted by Gasteiger charge is -2.10. The maximum Gasteiger partial charge on any atom is 0.143 e. The van der Waals surface area contributed by atoms with Gasteiger partial charge in [0.15, 0.2) is 0 Å². The first-order chi connectivity index (χ1) is 6.11. The van der Waals surface area contributed by atoms with Gasteiger partial charge in [-0.3, -0.25) is 0 Å². The van der Waals surface area contributed by atoms with Gasteiger partial charge >= 0.3 is 0 Å². The number of ether oxygens (including phenoxy) is 1. The standard InChI is InChI=1S/C9H12ClNO2/c1-3-5-4-6(13-2)7(10)8(11)9(5)12/h4,12H,3,11H2,1-2H3. The highest BCUT2D eigenvalue weighted by Crippen LogP contribution is 2.39. The van der Waals surface area contributed by atoms with Crippen LogP contribution in [-0.2, 0) is 6.42 Å². The van der Waals surface area contributed by atoms with E-state index in [-0.39, 0.29) is 16.5 Å². The molecule has 0 unspecified atom stereocenters. The quantitative estimate of drug-likeness (QED) is 0.570. The Balaban J connectivity index is 3.36. The summed E-state index contributed by atoms with van der Waals surface area (Å²) in [6.45, 7) is 1.92. The molecule has 72 valence electrons. The van der Waals surface area contributed by atoms with Crippen LogP contribution in [-0.4, -0.2) is 12.2 Å². The summed E-state index contributed by atoms with van der Waals surface area (Å²) in [5.74, 6) is 0.544. The smallest absolute Gasteiger partial charge is 0.143 e. The fourth-order valence-electron chi connectivity index (χ4n) is 1.12. The molecule has 3 N–H and O–H groups in total. The second-order valence-electron chi connectivity index (χ2n) is 2.67. The number of aryl methyl sites for hydroxylation is 1. The Labute approximate surface area is 82.1 Å². The molecule has 0 atom stereocenters. The minimum atomic E-state index is 0.0494. The van der Waals surface area contributed by atoms with E-state index in [2.05, 4.69) is 0 Å². The van der Waals surface area contributed by atoms with E-state index in [9.17, 15) is 5.11 Å². The topological polar surface area (TPSA) is 55.5 Å². The van der Waals surface area contributed by atoms with E-state index < -0.39 is 0 Å². The number of methoxy groups -OCH3 is 1. The molecule has 0 saturated heterocycles. The summed E-state index contributed by atoms with van der Waals surface area (Å²) in [5.41, 5.74) is 6.49. The Hall–Kier alpha value is -1.09. The van der Waals surface area contributed by atoms with Gasteiger partial charge in [0.05, 0.1) is 12.8 Å². The largest absolute Gasteiger partial charge is 0.505 e. The number of aromatic hydroxyl groups is 1. The highest BCUT2D eigenvalue weighted by atomic mass is 35.5. The molecule has 0 aliphatic carbocycles. The van der Waals surface area contributed by atoms with Crippen molar-refractivity contribution in [2.45, 2.75) is 13.3 Å². The molecule has 0 aliphatic rings. The molecule has 4 heteroatoms. The van der Waals surface area contributed by atoms with Crippen molar-refractivity contribution in [2.75, 3.05) is 12.8 Å². The van der Waals surface area contributed by atoms with Gasteiger partial charge in [-0.25, -0.2) is 0 Å². The van der Waals surface area contributed by atoms with E-state index >= 15 is 0 Å². The highest BCUT2D eigenvalue weighted by Gasteiger charge is 2.12. The molecule has 3 nitrogen and oxygen atoms in total. The van der Waals surface area contributed by atoms with Crippen molar-refractivity contribution in [2.24, 2.45) is 0 Å². The number of benzene rings is 1. The third-order valence-electron chi connectivity index (χ3n) is 1.92. The van der Waals surface area contributed by atoms with Gasteiger partial charge < -0.3 is 15.6 Å². The van der Waals surface area contributed by atoms with E-state index in [1.54, 1.807) is 6.07 Å². The van der Waals surface area contributed by atoms with Crippen LogP contribution in [0.4, 0.5) is 5.69 Å². The molecule has 0 bridgehead atoms. The number of rotatable bonds is 2. The number of phenols is 1. The molecule has 0 heterocycles. The van der Waals surface area contributed by atoms with Crippen LogP contribution in [0.2, 0.25) is 5.02 Å². The van der Waals surface area contributed by atoms with E-state index in [1.165, 1.54) is 7.11 Å². The lowest BCUT2D eigenvalue weighted by molar-refractivity contribution is 0.412. The van der Waals surface area contributed by atoms with E-state index in [4.69, 9.17) is 22.1 Å². The van der Waals surface area contributed by atoms with Crippen LogP contribution >= 0.6 is 11.6 Å². The lowest BCUT2D eigenvalue weighted by Crippen LogP contribution is -1.95. The Morgan fingerprint density at radius 3 is 2.69 bits per heavy atom. The fraction of sp³-hybridized carbons (Fsp3) is 0.333. The van der Waals surface area contributed by atoms with Crippen molar-refractivity contribution >= 4 is 17.3 Å². The highest BCUT2D eigenvalue weighted by molar-refractivity contribution is 6.35. The van der Waals surface area contributed by atoms with Gasteiger partial charge in [-0.2, -0.15) is 0 Å². The first-order valence-corrected chi connectivity index (χ1v) is 4.33. The van der Waals surface area contributed by atoms with Gasteiger partial charge in [-0.05, 0) is 18.1 Å². The van der Waals surface area contributed by atoms with Gasteiger partial charge in [0.1, 0.15) is 16.5 Å². The van der Waals surface area contributed by atoms with Gasteiger partial charge in [-0.15, -0.1) is 0 Å². The SMILES string of the molecule is CCc1cc(OC)c(Cl)c(N)c1O. The van der Waals surface area contributed by atoms with Gasteiger partial charge in [0.2, 0.25) is 0 Å². The van der Waals surface area contributed by atoms with E-state index in [1.807, 2.05) is 6.92 Å². The molecular formula is C9H12ClNO2.